The Morgan fingerprint density at radius 3 is 2.53 bits per heavy atom. The number of hydrogen-bond acceptors (Lipinski definition) is 1. The zero-order valence-electron chi connectivity index (χ0n) is 10.8. The van der Waals surface area contributed by atoms with E-state index in [1.54, 1.807) is 0 Å². The Hall–Kier alpha value is -0.690. The van der Waals surface area contributed by atoms with Crippen molar-refractivity contribution >= 4 is 17.3 Å². The fourth-order valence-corrected chi connectivity index (χ4v) is 3.01. The molecule has 0 bridgehead atoms. The van der Waals surface area contributed by atoms with Gasteiger partial charge < -0.3 is 5.32 Å². The van der Waals surface area contributed by atoms with E-state index < -0.39 is 0 Å². The van der Waals surface area contributed by atoms with E-state index in [-0.39, 0.29) is 0 Å². The lowest BCUT2D eigenvalue weighted by molar-refractivity contribution is 0.330. The SMILES string of the molecule is CCC1CCC(Nc2c(C)cccc2Cl)CC1. The molecule has 1 aromatic rings. The van der Waals surface area contributed by atoms with Crippen LogP contribution in [-0.4, -0.2) is 6.04 Å². The summed E-state index contributed by atoms with van der Waals surface area (Å²) in [5.41, 5.74) is 2.38. The summed E-state index contributed by atoms with van der Waals surface area (Å²) in [7, 11) is 0. The number of rotatable bonds is 3. The third-order valence-corrected chi connectivity index (χ3v) is 4.31. The van der Waals surface area contributed by atoms with Crippen molar-refractivity contribution in [2.75, 3.05) is 5.32 Å². The fourth-order valence-electron chi connectivity index (χ4n) is 2.73. The molecule has 0 unspecified atom stereocenters. The molecule has 1 nitrogen and oxygen atoms in total. The first-order valence-corrected chi connectivity index (χ1v) is 7.10. The van der Waals surface area contributed by atoms with Crippen molar-refractivity contribution in [1.29, 1.82) is 0 Å². The van der Waals surface area contributed by atoms with Crippen molar-refractivity contribution in [3.8, 4) is 0 Å². The number of anilines is 1. The van der Waals surface area contributed by atoms with Gasteiger partial charge in [-0.2, -0.15) is 0 Å². The number of nitrogens with one attached hydrogen (secondary N) is 1. The molecule has 0 atom stereocenters. The number of halogens is 1. The van der Waals surface area contributed by atoms with Crippen LogP contribution in [0.25, 0.3) is 0 Å². The van der Waals surface area contributed by atoms with Gasteiger partial charge in [0, 0.05) is 6.04 Å². The second-order valence-corrected chi connectivity index (χ2v) is 5.61. The summed E-state index contributed by atoms with van der Waals surface area (Å²) in [5, 5.41) is 4.48. The Labute approximate surface area is 110 Å². The molecule has 17 heavy (non-hydrogen) atoms. The molecule has 0 saturated heterocycles. The molecule has 0 spiro atoms. The molecule has 1 aliphatic rings. The first-order chi connectivity index (χ1) is 8.20. The first-order valence-electron chi connectivity index (χ1n) is 6.72. The summed E-state index contributed by atoms with van der Waals surface area (Å²) in [6, 6.07) is 6.70. The topological polar surface area (TPSA) is 12.0 Å². The maximum Gasteiger partial charge on any atom is 0.0640 e. The standard InChI is InChI=1S/C15H22ClN/c1-3-12-7-9-13(10-8-12)17-15-11(2)5-4-6-14(15)16/h4-6,12-13,17H,3,7-10H2,1-2H3. The van der Waals surface area contributed by atoms with E-state index in [2.05, 4.69) is 25.2 Å². The number of aryl methyl sites for hydroxylation is 1. The van der Waals surface area contributed by atoms with Crippen molar-refractivity contribution in [2.24, 2.45) is 5.92 Å². The van der Waals surface area contributed by atoms with Gasteiger partial charge in [-0.1, -0.05) is 37.1 Å². The van der Waals surface area contributed by atoms with Crippen LogP contribution in [0.3, 0.4) is 0 Å². The van der Waals surface area contributed by atoms with Gasteiger partial charge in [0.15, 0.2) is 0 Å². The highest BCUT2D eigenvalue weighted by Gasteiger charge is 2.20. The summed E-state index contributed by atoms with van der Waals surface area (Å²) in [4.78, 5) is 0. The Balaban J connectivity index is 1.98. The summed E-state index contributed by atoms with van der Waals surface area (Å²) in [5.74, 6) is 0.945. The van der Waals surface area contributed by atoms with Gasteiger partial charge in [-0.25, -0.2) is 0 Å². The maximum absolute atomic E-state index is 6.24. The fraction of sp³-hybridized carbons (Fsp3) is 0.600. The van der Waals surface area contributed by atoms with Gasteiger partial charge in [0.05, 0.1) is 10.7 Å². The molecule has 2 rings (SSSR count). The van der Waals surface area contributed by atoms with Crippen LogP contribution in [0.2, 0.25) is 5.02 Å². The van der Waals surface area contributed by atoms with E-state index >= 15 is 0 Å². The normalized spacial score (nSPS) is 24.6. The van der Waals surface area contributed by atoms with E-state index in [0.717, 1.165) is 16.6 Å². The van der Waals surface area contributed by atoms with Crippen LogP contribution in [0.1, 0.15) is 44.6 Å². The smallest absolute Gasteiger partial charge is 0.0640 e. The van der Waals surface area contributed by atoms with E-state index in [0.29, 0.717) is 6.04 Å². The Bertz CT molecular complexity index is 347. The van der Waals surface area contributed by atoms with Crippen LogP contribution in [0.4, 0.5) is 5.69 Å². The highest BCUT2D eigenvalue weighted by atomic mass is 35.5. The zero-order chi connectivity index (χ0) is 12.3. The number of para-hydroxylation sites is 1. The van der Waals surface area contributed by atoms with E-state index in [1.807, 2.05) is 12.1 Å². The molecule has 0 aromatic heterocycles. The Kier molecular flexibility index (Phi) is 4.33. The van der Waals surface area contributed by atoms with Crippen molar-refractivity contribution in [3.05, 3.63) is 28.8 Å². The van der Waals surface area contributed by atoms with Gasteiger partial charge in [0.1, 0.15) is 0 Å². The van der Waals surface area contributed by atoms with Crippen LogP contribution in [0, 0.1) is 12.8 Å². The quantitative estimate of drug-likeness (QED) is 0.795. The van der Waals surface area contributed by atoms with Crippen LogP contribution in [0.5, 0.6) is 0 Å². The minimum absolute atomic E-state index is 0.608. The highest BCUT2D eigenvalue weighted by molar-refractivity contribution is 6.33. The van der Waals surface area contributed by atoms with Gasteiger partial charge in [0.2, 0.25) is 0 Å². The molecule has 0 aliphatic heterocycles. The van der Waals surface area contributed by atoms with E-state index in [9.17, 15) is 0 Å². The largest absolute Gasteiger partial charge is 0.381 e. The van der Waals surface area contributed by atoms with Gasteiger partial charge >= 0.3 is 0 Å². The van der Waals surface area contributed by atoms with E-state index in [1.165, 1.54) is 37.7 Å². The van der Waals surface area contributed by atoms with Gasteiger partial charge in [-0.3, -0.25) is 0 Å². The maximum atomic E-state index is 6.24. The molecular weight excluding hydrogens is 230 g/mol. The molecular formula is C15H22ClN. The van der Waals surface area contributed by atoms with Crippen LogP contribution in [-0.2, 0) is 0 Å². The molecule has 1 fully saturated rings. The average Bonchev–Trinajstić information content (AvgIpc) is 2.35. The molecule has 2 heteroatoms. The van der Waals surface area contributed by atoms with Gasteiger partial charge in [0.25, 0.3) is 0 Å². The lowest BCUT2D eigenvalue weighted by Crippen LogP contribution is -2.26. The zero-order valence-corrected chi connectivity index (χ0v) is 11.6. The van der Waals surface area contributed by atoms with Crippen molar-refractivity contribution in [1.82, 2.24) is 0 Å². The second kappa shape index (κ2) is 5.77. The third kappa shape index (κ3) is 3.16. The Morgan fingerprint density at radius 1 is 1.24 bits per heavy atom. The summed E-state index contributed by atoms with van der Waals surface area (Å²) < 4.78 is 0. The lowest BCUT2D eigenvalue weighted by atomic mass is 9.84. The molecule has 0 heterocycles. The second-order valence-electron chi connectivity index (χ2n) is 5.20. The molecule has 1 N–H and O–H groups in total. The van der Waals surface area contributed by atoms with Crippen LogP contribution < -0.4 is 5.32 Å². The molecule has 0 radical (unpaired) electrons. The van der Waals surface area contributed by atoms with Crippen molar-refractivity contribution in [3.63, 3.8) is 0 Å². The average molecular weight is 252 g/mol. The monoisotopic (exact) mass is 251 g/mol. The molecule has 1 saturated carbocycles. The first kappa shape index (κ1) is 12.8. The van der Waals surface area contributed by atoms with Crippen molar-refractivity contribution < 1.29 is 0 Å². The summed E-state index contributed by atoms with van der Waals surface area (Å²) >= 11 is 6.24. The van der Waals surface area contributed by atoms with Crippen molar-refractivity contribution in [2.45, 2.75) is 52.0 Å². The third-order valence-electron chi connectivity index (χ3n) is 3.99. The van der Waals surface area contributed by atoms with Crippen LogP contribution >= 0.6 is 11.6 Å². The molecule has 94 valence electrons. The summed E-state index contributed by atoms with van der Waals surface area (Å²) in [6.45, 7) is 4.42. The molecule has 0 amide bonds. The minimum Gasteiger partial charge on any atom is -0.381 e. The van der Waals surface area contributed by atoms with Gasteiger partial charge in [-0.15, -0.1) is 0 Å². The predicted molar refractivity (Wildman–Crippen MR) is 75.8 cm³/mol. The molecule has 1 aromatic carbocycles. The molecule has 1 aliphatic carbocycles. The van der Waals surface area contributed by atoms with Crippen LogP contribution in [0.15, 0.2) is 18.2 Å². The number of benzene rings is 1. The summed E-state index contributed by atoms with van der Waals surface area (Å²) in [6.07, 6.45) is 6.61. The van der Waals surface area contributed by atoms with Gasteiger partial charge in [-0.05, 0) is 50.2 Å². The highest BCUT2D eigenvalue weighted by Crippen LogP contribution is 2.31. The number of hydrogen-bond donors (Lipinski definition) is 1. The minimum atomic E-state index is 0.608. The predicted octanol–water partition coefficient (Wildman–Crippen LogP) is 5.03. The lowest BCUT2D eigenvalue weighted by Gasteiger charge is -2.30. The Morgan fingerprint density at radius 2 is 1.94 bits per heavy atom. The van der Waals surface area contributed by atoms with E-state index in [4.69, 9.17) is 11.6 Å².